The highest BCUT2D eigenvalue weighted by Gasteiger charge is 2.20. The van der Waals surface area contributed by atoms with Crippen LogP contribution in [0.2, 0.25) is 0 Å². The Morgan fingerprint density at radius 3 is 1.67 bits per heavy atom. The molecule has 4 heteroatoms. The number of pyridine rings is 1. The summed E-state index contributed by atoms with van der Waals surface area (Å²) in [6.45, 7) is 0. The molecule has 0 aliphatic carbocycles. The number of nitrogens with zero attached hydrogens (tertiary/aromatic N) is 3. The number of fused-ring (bicyclic) bond motifs is 12. The van der Waals surface area contributed by atoms with E-state index in [0.29, 0.717) is 0 Å². The van der Waals surface area contributed by atoms with Crippen LogP contribution in [0.4, 0.5) is 0 Å². The molecule has 0 saturated heterocycles. The van der Waals surface area contributed by atoms with Crippen molar-refractivity contribution in [2.75, 3.05) is 0 Å². The third-order valence-electron chi connectivity index (χ3n) is 12.4. The van der Waals surface area contributed by atoms with Crippen molar-refractivity contribution in [1.29, 1.82) is 0 Å². The zero-order valence-electron chi connectivity index (χ0n) is 30.6. The Kier molecular flexibility index (Phi) is 6.01. The second-order valence-electron chi connectivity index (χ2n) is 15.3. The highest BCUT2D eigenvalue weighted by atomic mass is 16.1. The van der Waals surface area contributed by atoms with Crippen LogP contribution in [0.3, 0.4) is 0 Å². The molecule has 0 spiro atoms. The first kappa shape index (κ1) is 30.6. The third-order valence-corrected chi connectivity index (χ3v) is 12.4. The van der Waals surface area contributed by atoms with Gasteiger partial charge in [0.05, 0.1) is 33.1 Å². The Morgan fingerprint density at radius 2 is 0.912 bits per heavy atom. The SMILES string of the molecule is O=c1c2ccccc2c2cccc3c4cc(-c5cccc6cc(-n7c8ccccc8c8cc9c%10ccccc%10n(-c%10ccccc%10)c9cc87)ccc56)ccc4n1c23. The minimum atomic E-state index is 0.0297. The summed E-state index contributed by atoms with van der Waals surface area (Å²) in [6.07, 6.45) is 0. The van der Waals surface area contributed by atoms with Gasteiger partial charge in [-0.1, -0.05) is 121 Å². The molecule has 0 unspecified atom stereocenters. The van der Waals surface area contributed by atoms with Gasteiger partial charge >= 0.3 is 0 Å². The summed E-state index contributed by atoms with van der Waals surface area (Å²) < 4.78 is 6.74. The van der Waals surface area contributed by atoms with Gasteiger partial charge in [0.25, 0.3) is 5.56 Å². The highest BCUT2D eigenvalue weighted by Crippen LogP contribution is 2.41. The van der Waals surface area contributed by atoms with Crippen LogP contribution in [0.25, 0.3) is 115 Å². The number of aromatic nitrogens is 3. The predicted molar refractivity (Wildman–Crippen MR) is 239 cm³/mol. The fraction of sp³-hybridized carbons (Fsp3) is 0. The molecule has 0 bridgehead atoms. The van der Waals surface area contributed by atoms with Crippen molar-refractivity contribution in [2.45, 2.75) is 0 Å². The van der Waals surface area contributed by atoms with E-state index >= 15 is 0 Å². The van der Waals surface area contributed by atoms with Gasteiger partial charge in [-0.3, -0.25) is 9.20 Å². The standard InChI is InChI=1S/C53H31N3O/c57-53-43-18-5-4-15-38(43)41-20-11-21-42-44-29-33(24-27-49(44)56(53)52(41)42)36-19-10-12-32-28-35(25-26-37(32)36)55-48-23-9-7-17-40(48)46-30-45-39-16-6-8-22-47(39)54(50(45)31-51(46)55)34-13-2-1-3-14-34/h1-31H. The van der Waals surface area contributed by atoms with Crippen molar-refractivity contribution in [2.24, 2.45) is 0 Å². The molecule has 57 heavy (non-hydrogen) atoms. The fourth-order valence-corrected chi connectivity index (χ4v) is 9.92. The van der Waals surface area contributed by atoms with E-state index in [9.17, 15) is 4.79 Å². The molecule has 0 aliphatic rings. The van der Waals surface area contributed by atoms with Gasteiger partial charge in [0.15, 0.2) is 0 Å². The van der Waals surface area contributed by atoms with Crippen LogP contribution in [0.5, 0.6) is 0 Å². The lowest BCUT2D eigenvalue weighted by atomic mass is 9.96. The topological polar surface area (TPSA) is 31.3 Å². The number of rotatable bonds is 3. The minimum Gasteiger partial charge on any atom is -0.309 e. The quantitative estimate of drug-likeness (QED) is 0.167. The molecule has 264 valence electrons. The van der Waals surface area contributed by atoms with Gasteiger partial charge in [-0.25, -0.2) is 0 Å². The molecule has 4 aromatic heterocycles. The van der Waals surface area contributed by atoms with Gasteiger partial charge in [0.2, 0.25) is 0 Å². The summed E-state index contributed by atoms with van der Waals surface area (Å²) >= 11 is 0. The van der Waals surface area contributed by atoms with Crippen LogP contribution in [-0.2, 0) is 0 Å². The van der Waals surface area contributed by atoms with Gasteiger partial charge in [-0.2, -0.15) is 0 Å². The molecular formula is C53H31N3O. The molecule has 0 fully saturated rings. The first-order valence-electron chi connectivity index (χ1n) is 19.5. The minimum absolute atomic E-state index is 0.0297. The fourth-order valence-electron chi connectivity index (χ4n) is 9.92. The summed E-state index contributed by atoms with van der Waals surface area (Å²) in [5, 5.41) is 12.4. The second-order valence-corrected chi connectivity index (χ2v) is 15.3. The maximum atomic E-state index is 13.9. The first-order chi connectivity index (χ1) is 28.2. The molecule has 13 rings (SSSR count). The van der Waals surface area contributed by atoms with Gasteiger partial charge in [0, 0.05) is 54.5 Å². The molecule has 0 aliphatic heterocycles. The lowest BCUT2D eigenvalue weighted by molar-refractivity contribution is 1.17. The average Bonchev–Trinajstić information content (AvgIpc) is 3.90. The van der Waals surface area contributed by atoms with Gasteiger partial charge in [-0.05, 0) is 94.0 Å². The van der Waals surface area contributed by atoms with E-state index in [2.05, 4.69) is 179 Å². The molecule has 0 radical (unpaired) electrons. The summed E-state index contributed by atoms with van der Waals surface area (Å²) in [5.74, 6) is 0. The second kappa shape index (κ2) is 11.2. The zero-order valence-corrected chi connectivity index (χ0v) is 30.6. The molecule has 4 heterocycles. The van der Waals surface area contributed by atoms with E-state index < -0.39 is 0 Å². The number of hydrogen-bond acceptors (Lipinski definition) is 1. The summed E-state index contributed by atoms with van der Waals surface area (Å²) in [4.78, 5) is 13.9. The molecule has 0 N–H and O–H groups in total. The van der Waals surface area contributed by atoms with Gasteiger partial charge in [0.1, 0.15) is 0 Å². The maximum Gasteiger partial charge on any atom is 0.263 e. The van der Waals surface area contributed by atoms with Crippen molar-refractivity contribution in [3.8, 4) is 22.5 Å². The van der Waals surface area contributed by atoms with Crippen LogP contribution in [0.1, 0.15) is 0 Å². The van der Waals surface area contributed by atoms with E-state index in [4.69, 9.17) is 0 Å². The van der Waals surface area contributed by atoms with Crippen molar-refractivity contribution in [3.05, 3.63) is 198 Å². The van der Waals surface area contributed by atoms with E-state index in [-0.39, 0.29) is 5.56 Å². The Morgan fingerprint density at radius 1 is 0.316 bits per heavy atom. The van der Waals surface area contributed by atoms with Gasteiger partial charge in [-0.15, -0.1) is 0 Å². The van der Waals surface area contributed by atoms with Crippen molar-refractivity contribution >= 4 is 92.3 Å². The molecule has 0 saturated carbocycles. The van der Waals surface area contributed by atoms with Crippen molar-refractivity contribution < 1.29 is 0 Å². The first-order valence-corrected chi connectivity index (χ1v) is 19.5. The summed E-state index contributed by atoms with van der Waals surface area (Å²) in [5.41, 5.74) is 11.3. The lowest BCUT2D eigenvalue weighted by Crippen LogP contribution is -2.12. The molecule has 0 atom stereocenters. The molecule has 9 aromatic carbocycles. The predicted octanol–water partition coefficient (Wildman–Crippen LogP) is 13.2. The number of benzene rings is 9. The van der Waals surface area contributed by atoms with Crippen LogP contribution in [-0.4, -0.2) is 13.5 Å². The van der Waals surface area contributed by atoms with Crippen molar-refractivity contribution in [1.82, 2.24) is 13.5 Å². The number of para-hydroxylation sites is 4. The zero-order chi connectivity index (χ0) is 37.4. The molecule has 0 amide bonds. The molecule has 13 aromatic rings. The van der Waals surface area contributed by atoms with Crippen LogP contribution < -0.4 is 5.56 Å². The monoisotopic (exact) mass is 725 g/mol. The molecular weight excluding hydrogens is 695 g/mol. The Balaban J connectivity index is 1.03. The largest absolute Gasteiger partial charge is 0.309 e. The smallest absolute Gasteiger partial charge is 0.263 e. The summed E-state index contributed by atoms with van der Waals surface area (Å²) in [6, 6.07) is 67.4. The van der Waals surface area contributed by atoms with E-state index in [1.54, 1.807) is 0 Å². The average molecular weight is 726 g/mol. The van der Waals surface area contributed by atoms with Crippen LogP contribution >= 0.6 is 0 Å². The van der Waals surface area contributed by atoms with E-state index in [1.807, 2.05) is 22.6 Å². The Hall–Kier alpha value is -7.69. The van der Waals surface area contributed by atoms with E-state index in [0.717, 1.165) is 54.9 Å². The Bertz CT molecular complexity index is 3890. The van der Waals surface area contributed by atoms with Crippen LogP contribution in [0.15, 0.2) is 193 Å². The van der Waals surface area contributed by atoms with Gasteiger partial charge < -0.3 is 9.13 Å². The number of hydrogen-bond donors (Lipinski definition) is 0. The summed E-state index contributed by atoms with van der Waals surface area (Å²) in [7, 11) is 0. The Labute approximate surface area is 325 Å². The highest BCUT2D eigenvalue weighted by molar-refractivity contribution is 6.22. The van der Waals surface area contributed by atoms with Crippen LogP contribution in [0, 0.1) is 0 Å². The van der Waals surface area contributed by atoms with Crippen molar-refractivity contribution in [3.63, 3.8) is 0 Å². The molecule has 4 nitrogen and oxygen atoms in total. The normalized spacial score (nSPS) is 12.3. The third kappa shape index (κ3) is 4.08. The van der Waals surface area contributed by atoms with E-state index in [1.165, 1.54) is 59.9 Å². The lowest BCUT2D eigenvalue weighted by Gasteiger charge is -2.13. The maximum absolute atomic E-state index is 13.9.